The van der Waals surface area contributed by atoms with Crippen molar-refractivity contribution >= 4 is 23.2 Å². The predicted molar refractivity (Wildman–Crippen MR) is 69.1 cm³/mol. The minimum Gasteiger partial charge on any atom is -0.329 e. The highest BCUT2D eigenvalue weighted by molar-refractivity contribution is 6.34. The highest BCUT2D eigenvalue weighted by atomic mass is 35.5. The molecule has 2 rings (SSSR count). The van der Waals surface area contributed by atoms with Crippen LogP contribution in [0, 0.1) is 0 Å². The number of nitrogens with two attached hydrogens (primary N) is 1. The van der Waals surface area contributed by atoms with E-state index in [9.17, 15) is 0 Å². The van der Waals surface area contributed by atoms with Crippen LogP contribution in [0.3, 0.4) is 0 Å². The van der Waals surface area contributed by atoms with E-state index in [-0.39, 0.29) is 6.04 Å². The maximum absolute atomic E-state index is 6.01. The number of hydrogen-bond acceptors (Lipinski definition) is 2. The molecule has 0 bridgehead atoms. The van der Waals surface area contributed by atoms with Gasteiger partial charge in [0.25, 0.3) is 0 Å². The van der Waals surface area contributed by atoms with Crippen molar-refractivity contribution in [1.82, 2.24) is 4.90 Å². The Hall–Kier alpha value is -0.280. The molecule has 0 aromatic heterocycles. The summed E-state index contributed by atoms with van der Waals surface area (Å²) in [4.78, 5) is 2.40. The largest absolute Gasteiger partial charge is 0.329 e. The molecule has 0 unspecified atom stereocenters. The van der Waals surface area contributed by atoms with E-state index in [1.54, 1.807) is 6.07 Å². The van der Waals surface area contributed by atoms with Crippen molar-refractivity contribution in [1.29, 1.82) is 0 Å². The van der Waals surface area contributed by atoms with E-state index in [1.807, 2.05) is 12.1 Å². The zero-order valence-electron chi connectivity index (χ0n) is 9.13. The molecule has 1 atom stereocenters. The minimum atomic E-state index is 0.249. The van der Waals surface area contributed by atoms with Gasteiger partial charge < -0.3 is 5.73 Å². The summed E-state index contributed by atoms with van der Waals surface area (Å²) in [6, 6.07) is 5.93. The van der Waals surface area contributed by atoms with Crippen LogP contribution in [-0.4, -0.2) is 24.5 Å². The molecule has 1 aromatic rings. The van der Waals surface area contributed by atoms with Crippen molar-refractivity contribution in [3.05, 3.63) is 33.8 Å². The molecule has 1 fully saturated rings. The van der Waals surface area contributed by atoms with Gasteiger partial charge >= 0.3 is 0 Å². The van der Waals surface area contributed by atoms with Crippen molar-refractivity contribution in [2.24, 2.45) is 5.73 Å². The van der Waals surface area contributed by atoms with E-state index in [1.165, 1.54) is 12.8 Å². The minimum absolute atomic E-state index is 0.249. The molecule has 2 nitrogen and oxygen atoms in total. The van der Waals surface area contributed by atoms with Gasteiger partial charge in [-0.05, 0) is 49.7 Å². The maximum Gasteiger partial charge on any atom is 0.0471 e. The summed E-state index contributed by atoms with van der Waals surface area (Å²) in [5, 5.41) is 1.36. The van der Waals surface area contributed by atoms with Gasteiger partial charge in [-0.15, -0.1) is 0 Å². The average Bonchev–Trinajstić information content (AvgIpc) is 2.70. The second kappa shape index (κ2) is 5.37. The monoisotopic (exact) mass is 258 g/mol. The molecule has 88 valence electrons. The van der Waals surface area contributed by atoms with Gasteiger partial charge in [-0.2, -0.15) is 0 Å². The van der Waals surface area contributed by atoms with E-state index < -0.39 is 0 Å². The van der Waals surface area contributed by atoms with E-state index in [0.29, 0.717) is 16.6 Å². The molecule has 1 heterocycles. The van der Waals surface area contributed by atoms with Gasteiger partial charge in [-0.1, -0.05) is 23.2 Å². The molecule has 1 saturated heterocycles. The van der Waals surface area contributed by atoms with Gasteiger partial charge in [0, 0.05) is 22.6 Å². The molecule has 4 heteroatoms. The van der Waals surface area contributed by atoms with Gasteiger partial charge in [0.1, 0.15) is 0 Å². The third-order valence-corrected chi connectivity index (χ3v) is 3.51. The zero-order chi connectivity index (χ0) is 11.5. The Morgan fingerprint density at radius 2 is 1.69 bits per heavy atom. The summed E-state index contributed by atoms with van der Waals surface area (Å²) in [5.74, 6) is 0. The fraction of sp³-hybridized carbons (Fsp3) is 0.500. The number of rotatable bonds is 3. The Bertz CT molecular complexity index is 342. The molecule has 1 aliphatic rings. The fourth-order valence-electron chi connectivity index (χ4n) is 2.32. The highest BCUT2D eigenvalue weighted by Gasteiger charge is 2.22. The van der Waals surface area contributed by atoms with Crippen LogP contribution in [0.4, 0.5) is 0 Å². The molecule has 0 spiro atoms. The topological polar surface area (TPSA) is 29.3 Å². The Labute approximate surface area is 106 Å². The number of hydrogen-bond donors (Lipinski definition) is 1. The lowest BCUT2D eigenvalue weighted by atomic mass is 10.1. The summed E-state index contributed by atoms with van der Waals surface area (Å²) in [5.41, 5.74) is 6.98. The van der Waals surface area contributed by atoms with Crippen molar-refractivity contribution < 1.29 is 0 Å². The maximum atomic E-state index is 6.01. The normalized spacial score (nSPS) is 18.9. The molecule has 0 saturated carbocycles. The van der Waals surface area contributed by atoms with Gasteiger partial charge in [0.2, 0.25) is 0 Å². The lowest BCUT2D eigenvalue weighted by Gasteiger charge is -2.26. The van der Waals surface area contributed by atoms with Crippen molar-refractivity contribution in [3.63, 3.8) is 0 Å². The van der Waals surface area contributed by atoms with E-state index in [4.69, 9.17) is 28.9 Å². The number of benzene rings is 1. The molecule has 1 aliphatic heterocycles. The van der Waals surface area contributed by atoms with E-state index in [2.05, 4.69) is 4.90 Å². The van der Waals surface area contributed by atoms with Crippen LogP contribution in [0.1, 0.15) is 24.4 Å². The van der Waals surface area contributed by atoms with Crippen molar-refractivity contribution in [2.75, 3.05) is 19.6 Å². The molecular weight excluding hydrogens is 243 g/mol. The molecule has 0 amide bonds. The summed E-state index contributed by atoms with van der Waals surface area (Å²) in [7, 11) is 0. The Kier molecular flexibility index (Phi) is 4.09. The van der Waals surface area contributed by atoms with Gasteiger partial charge in [-0.25, -0.2) is 0 Å². The lowest BCUT2D eigenvalue weighted by molar-refractivity contribution is 0.251. The van der Waals surface area contributed by atoms with Crippen LogP contribution in [0.25, 0.3) is 0 Å². The first-order chi connectivity index (χ1) is 7.70. The molecular formula is C12H16Cl2N2. The average molecular weight is 259 g/mol. The van der Waals surface area contributed by atoms with Crippen molar-refractivity contribution in [2.45, 2.75) is 18.9 Å². The lowest BCUT2D eigenvalue weighted by Crippen LogP contribution is -2.31. The smallest absolute Gasteiger partial charge is 0.0471 e. The second-order valence-corrected chi connectivity index (χ2v) is 5.07. The van der Waals surface area contributed by atoms with Crippen molar-refractivity contribution in [3.8, 4) is 0 Å². The first-order valence-corrected chi connectivity index (χ1v) is 6.36. The molecule has 2 N–H and O–H groups in total. The van der Waals surface area contributed by atoms with Crippen LogP contribution in [0.2, 0.25) is 10.0 Å². The SMILES string of the molecule is NC[C@H](c1cc(Cl)cc(Cl)c1)N1CCCC1. The van der Waals surface area contributed by atoms with Gasteiger partial charge in [0.05, 0.1) is 0 Å². The quantitative estimate of drug-likeness (QED) is 0.903. The summed E-state index contributed by atoms with van der Waals surface area (Å²) >= 11 is 12.0. The van der Waals surface area contributed by atoms with E-state index >= 15 is 0 Å². The Morgan fingerprint density at radius 1 is 1.12 bits per heavy atom. The van der Waals surface area contributed by atoms with Crippen LogP contribution in [0.5, 0.6) is 0 Å². The van der Waals surface area contributed by atoms with E-state index in [0.717, 1.165) is 18.7 Å². The van der Waals surface area contributed by atoms with Gasteiger partial charge in [0.15, 0.2) is 0 Å². The number of halogens is 2. The van der Waals surface area contributed by atoms with Crippen LogP contribution in [-0.2, 0) is 0 Å². The molecule has 16 heavy (non-hydrogen) atoms. The second-order valence-electron chi connectivity index (χ2n) is 4.20. The number of likely N-dealkylation sites (tertiary alicyclic amines) is 1. The molecule has 1 aromatic carbocycles. The van der Waals surface area contributed by atoms with Crippen LogP contribution >= 0.6 is 23.2 Å². The number of nitrogens with zero attached hydrogens (tertiary/aromatic N) is 1. The fourth-order valence-corrected chi connectivity index (χ4v) is 2.86. The standard InChI is InChI=1S/C12H16Cl2N2/c13-10-5-9(6-11(14)7-10)12(8-15)16-3-1-2-4-16/h5-7,12H,1-4,8,15H2/t12-/m1/s1. The summed E-state index contributed by atoms with van der Waals surface area (Å²) in [6.45, 7) is 2.84. The Morgan fingerprint density at radius 3 is 2.19 bits per heavy atom. The first kappa shape index (κ1) is 12.2. The summed E-state index contributed by atoms with van der Waals surface area (Å²) < 4.78 is 0. The molecule has 0 radical (unpaired) electrons. The predicted octanol–water partition coefficient (Wildman–Crippen LogP) is 3.09. The van der Waals surface area contributed by atoms with Gasteiger partial charge in [-0.3, -0.25) is 4.90 Å². The Balaban J connectivity index is 2.24. The highest BCUT2D eigenvalue weighted by Crippen LogP contribution is 2.28. The van der Waals surface area contributed by atoms with Crippen LogP contribution in [0.15, 0.2) is 18.2 Å². The summed E-state index contributed by atoms with van der Waals surface area (Å²) in [6.07, 6.45) is 2.51. The third-order valence-electron chi connectivity index (χ3n) is 3.07. The van der Waals surface area contributed by atoms with Crippen LogP contribution < -0.4 is 5.73 Å². The molecule has 0 aliphatic carbocycles. The first-order valence-electron chi connectivity index (χ1n) is 5.61. The third kappa shape index (κ3) is 2.69. The zero-order valence-corrected chi connectivity index (χ0v) is 10.6.